The van der Waals surface area contributed by atoms with E-state index in [4.69, 9.17) is 4.74 Å². The summed E-state index contributed by atoms with van der Waals surface area (Å²) in [7, 11) is 0. The predicted octanol–water partition coefficient (Wildman–Crippen LogP) is 3.09. The highest BCUT2D eigenvalue weighted by atomic mass is 16.5. The van der Waals surface area contributed by atoms with E-state index in [0.717, 1.165) is 24.7 Å². The molecular weight excluding hydrogens is 234 g/mol. The molecule has 2 aliphatic heterocycles. The maximum atomic E-state index is 5.59. The molecule has 3 aliphatic rings. The highest BCUT2D eigenvalue weighted by Crippen LogP contribution is 2.46. The number of ether oxygens (including phenoxy) is 1. The van der Waals surface area contributed by atoms with Gasteiger partial charge in [-0.15, -0.1) is 0 Å². The molecule has 4 rings (SSSR count). The zero-order valence-electron chi connectivity index (χ0n) is 11.6. The van der Waals surface area contributed by atoms with Gasteiger partial charge in [0, 0.05) is 12.0 Å². The van der Waals surface area contributed by atoms with Crippen molar-refractivity contribution in [3.05, 3.63) is 29.3 Å². The van der Waals surface area contributed by atoms with Crippen LogP contribution in [0.5, 0.6) is 5.75 Å². The average molecular weight is 257 g/mol. The Bertz CT molecular complexity index is 472. The first kappa shape index (κ1) is 11.8. The molecule has 2 heteroatoms. The third-order valence-corrected chi connectivity index (χ3v) is 5.25. The molecule has 0 radical (unpaired) electrons. The average Bonchev–Trinajstić information content (AvgIpc) is 3.03. The summed E-state index contributed by atoms with van der Waals surface area (Å²) in [5, 5.41) is 3.83. The fraction of sp³-hybridized carbons (Fsp3) is 0.647. The van der Waals surface area contributed by atoms with E-state index in [2.05, 4.69) is 23.5 Å². The molecule has 1 aliphatic carbocycles. The molecule has 1 aromatic carbocycles. The topological polar surface area (TPSA) is 21.3 Å². The van der Waals surface area contributed by atoms with E-state index >= 15 is 0 Å². The van der Waals surface area contributed by atoms with Crippen molar-refractivity contribution in [2.45, 2.75) is 50.5 Å². The number of hydrogen-bond donors (Lipinski definition) is 1. The third-order valence-electron chi connectivity index (χ3n) is 5.25. The summed E-state index contributed by atoms with van der Waals surface area (Å²) in [4.78, 5) is 0. The Morgan fingerprint density at radius 2 is 2.26 bits per heavy atom. The van der Waals surface area contributed by atoms with Gasteiger partial charge in [0.2, 0.25) is 0 Å². The van der Waals surface area contributed by atoms with E-state index in [-0.39, 0.29) is 0 Å². The van der Waals surface area contributed by atoms with Crippen LogP contribution in [0.1, 0.15) is 43.2 Å². The van der Waals surface area contributed by atoms with E-state index < -0.39 is 0 Å². The van der Waals surface area contributed by atoms with Crippen LogP contribution >= 0.6 is 0 Å². The van der Waals surface area contributed by atoms with Crippen LogP contribution < -0.4 is 10.1 Å². The Morgan fingerprint density at radius 1 is 1.32 bits per heavy atom. The van der Waals surface area contributed by atoms with Crippen LogP contribution in [0.15, 0.2) is 18.2 Å². The smallest absolute Gasteiger partial charge is 0.122 e. The van der Waals surface area contributed by atoms with Crippen molar-refractivity contribution < 1.29 is 4.74 Å². The van der Waals surface area contributed by atoms with E-state index in [1.165, 1.54) is 56.2 Å². The van der Waals surface area contributed by atoms with Crippen LogP contribution in [0, 0.1) is 5.92 Å². The minimum absolute atomic E-state index is 0.482. The van der Waals surface area contributed by atoms with Gasteiger partial charge in [-0.1, -0.05) is 12.1 Å². The molecule has 0 bridgehead atoms. The van der Waals surface area contributed by atoms with Crippen molar-refractivity contribution in [3.8, 4) is 5.75 Å². The first-order valence-electron chi connectivity index (χ1n) is 7.85. The van der Waals surface area contributed by atoms with Gasteiger partial charge < -0.3 is 10.1 Å². The number of benzene rings is 1. The molecule has 1 N–H and O–H groups in total. The van der Waals surface area contributed by atoms with Crippen molar-refractivity contribution in [3.63, 3.8) is 0 Å². The Hall–Kier alpha value is -1.02. The van der Waals surface area contributed by atoms with Gasteiger partial charge in [0.15, 0.2) is 0 Å². The van der Waals surface area contributed by atoms with Crippen LogP contribution in [-0.4, -0.2) is 18.7 Å². The lowest BCUT2D eigenvalue weighted by molar-refractivity contribution is 0.302. The summed E-state index contributed by atoms with van der Waals surface area (Å²) >= 11 is 0. The van der Waals surface area contributed by atoms with E-state index in [0.29, 0.717) is 5.54 Å². The molecule has 1 saturated carbocycles. The predicted molar refractivity (Wildman–Crippen MR) is 76.7 cm³/mol. The van der Waals surface area contributed by atoms with Gasteiger partial charge in [-0.3, -0.25) is 0 Å². The van der Waals surface area contributed by atoms with Gasteiger partial charge >= 0.3 is 0 Å². The highest BCUT2D eigenvalue weighted by Gasteiger charge is 2.45. The second-order valence-electron chi connectivity index (χ2n) is 6.50. The molecular formula is C17H23NO. The lowest BCUT2D eigenvalue weighted by Gasteiger charge is -2.30. The van der Waals surface area contributed by atoms with Crippen LogP contribution in [0.4, 0.5) is 0 Å². The molecule has 0 spiro atoms. The van der Waals surface area contributed by atoms with E-state index in [1.54, 1.807) is 0 Å². The molecule has 0 amide bonds. The third kappa shape index (κ3) is 2.16. The number of nitrogens with one attached hydrogen (secondary N) is 1. The van der Waals surface area contributed by atoms with Crippen LogP contribution in [0.25, 0.3) is 0 Å². The molecule has 1 aromatic rings. The minimum Gasteiger partial charge on any atom is -0.493 e. The molecule has 2 heterocycles. The summed E-state index contributed by atoms with van der Waals surface area (Å²) in [6.45, 7) is 2.10. The molecule has 0 aromatic heterocycles. The Kier molecular flexibility index (Phi) is 2.80. The van der Waals surface area contributed by atoms with Gasteiger partial charge in [-0.2, -0.15) is 0 Å². The quantitative estimate of drug-likeness (QED) is 0.895. The highest BCUT2D eigenvalue weighted by molar-refractivity contribution is 5.39. The molecule has 102 valence electrons. The normalized spacial score (nSPS) is 29.3. The molecule has 1 atom stereocenters. The fourth-order valence-corrected chi connectivity index (χ4v) is 3.99. The molecule has 2 fully saturated rings. The van der Waals surface area contributed by atoms with Gasteiger partial charge in [-0.25, -0.2) is 0 Å². The van der Waals surface area contributed by atoms with Crippen LogP contribution in [0.3, 0.4) is 0 Å². The summed E-state index contributed by atoms with van der Waals surface area (Å²) in [6.07, 6.45) is 9.29. The van der Waals surface area contributed by atoms with E-state index in [1.807, 2.05) is 0 Å². The minimum atomic E-state index is 0.482. The number of hydrogen-bond acceptors (Lipinski definition) is 2. The van der Waals surface area contributed by atoms with Crippen molar-refractivity contribution >= 4 is 0 Å². The monoisotopic (exact) mass is 257 g/mol. The van der Waals surface area contributed by atoms with Crippen molar-refractivity contribution in [1.29, 1.82) is 0 Å². The van der Waals surface area contributed by atoms with Crippen molar-refractivity contribution in [1.82, 2.24) is 5.32 Å². The Morgan fingerprint density at radius 3 is 3.05 bits per heavy atom. The van der Waals surface area contributed by atoms with Crippen molar-refractivity contribution in [2.24, 2.45) is 5.92 Å². The second-order valence-corrected chi connectivity index (χ2v) is 6.50. The Balaban J connectivity index is 1.46. The number of aryl methyl sites for hydroxylation is 1. The van der Waals surface area contributed by atoms with Gasteiger partial charge in [-0.05, 0) is 68.2 Å². The molecule has 2 nitrogen and oxygen atoms in total. The lowest BCUT2D eigenvalue weighted by Crippen LogP contribution is -2.42. The standard InChI is InChI=1S/C17H23NO/c1-8-17(18-10-1,15-3-4-15)9-6-13-2-5-16-14(12-13)7-11-19-16/h2,5,12,15,18H,1,3-4,6-11H2. The maximum absolute atomic E-state index is 5.59. The lowest BCUT2D eigenvalue weighted by atomic mass is 9.85. The first-order chi connectivity index (χ1) is 9.36. The summed E-state index contributed by atoms with van der Waals surface area (Å²) in [5.41, 5.74) is 3.39. The number of fused-ring (bicyclic) bond motifs is 1. The molecule has 1 saturated heterocycles. The zero-order valence-corrected chi connectivity index (χ0v) is 11.6. The second kappa shape index (κ2) is 4.52. The summed E-state index contributed by atoms with van der Waals surface area (Å²) < 4.78 is 5.59. The summed E-state index contributed by atoms with van der Waals surface area (Å²) in [6, 6.07) is 6.81. The van der Waals surface area contributed by atoms with Crippen molar-refractivity contribution in [2.75, 3.05) is 13.2 Å². The summed E-state index contributed by atoms with van der Waals surface area (Å²) in [5.74, 6) is 2.08. The largest absolute Gasteiger partial charge is 0.493 e. The Labute approximate surface area is 115 Å². The van der Waals surface area contributed by atoms with Gasteiger partial charge in [0.25, 0.3) is 0 Å². The molecule has 1 unspecified atom stereocenters. The van der Waals surface area contributed by atoms with Gasteiger partial charge in [0.05, 0.1) is 6.61 Å². The van der Waals surface area contributed by atoms with Gasteiger partial charge in [0.1, 0.15) is 5.75 Å². The SMILES string of the molecule is c1cc2c(cc1CCC1(C3CC3)CCCN1)CCO2. The van der Waals surface area contributed by atoms with E-state index in [9.17, 15) is 0 Å². The molecule has 19 heavy (non-hydrogen) atoms. The maximum Gasteiger partial charge on any atom is 0.122 e. The van der Waals surface area contributed by atoms with Crippen LogP contribution in [-0.2, 0) is 12.8 Å². The van der Waals surface area contributed by atoms with Crippen LogP contribution in [0.2, 0.25) is 0 Å². The zero-order chi connectivity index (χ0) is 12.7. The number of rotatable bonds is 4. The first-order valence-corrected chi connectivity index (χ1v) is 7.85. The fourth-order valence-electron chi connectivity index (χ4n) is 3.99.